The van der Waals surface area contributed by atoms with Gasteiger partial charge in [0.2, 0.25) is 5.91 Å². The maximum atomic E-state index is 12.9. The fourth-order valence-corrected chi connectivity index (χ4v) is 2.37. The second-order valence-corrected chi connectivity index (χ2v) is 5.77. The van der Waals surface area contributed by atoms with E-state index in [0.717, 1.165) is 5.56 Å². The van der Waals surface area contributed by atoms with Crippen molar-refractivity contribution in [3.05, 3.63) is 53.8 Å². The minimum Gasteiger partial charge on any atom is -0.497 e. The zero-order chi connectivity index (χ0) is 18.4. The Morgan fingerprint density at radius 3 is 2.44 bits per heavy atom. The zero-order valence-electron chi connectivity index (χ0n) is 14.9. The normalized spacial score (nSPS) is 11.9. The summed E-state index contributed by atoms with van der Waals surface area (Å²) in [6.45, 7) is 2.35. The molecule has 0 bridgehead atoms. The number of methoxy groups -OCH3 is 2. The summed E-state index contributed by atoms with van der Waals surface area (Å²) < 4.78 is 23.5. The van der Waals surface area contributed by atoms with Crippen LogP contribution in [0.4, 0.5) is 10.1 Å². The van der Waals surface area contributed by atoms with E-state index in [4.69, 9.17) is 9.47 Å². The van der Waals surface area contributed by atoms with Gasteiger partial charge < -0.3 is 14.8 Å². The number of nitrogens with one attached hydrogen (secondary N) is 1. The Morgan fingerprint density at radius 1 is 1.16 bits per heavy atom. The number of anilines is 1. The topological polar surface area (TPSA) is 50.8 Å². The second-order valence-electron chi connectivity index (χ2n) is 5.77. The van der Waals surface area contributed by atoms with Crippen LogP contribution in [0.15, 0.2) is 42.5 Å². The molecule has 0 saturated heterocycles. The van der Waals surface area contributed by atoms with Crippen LogP contribution in [-0.2, 0) is 11.3 Å². The van der Waals surface area contributed by atoms with Crippen LogP contribution in [0.3, 0.4) is 0 Å². The Bertz CT molecular complexity index is 719. The van der Waals surface area contributed by atoms with E-state index in [1.807, 2.05) is 37.1 Å². The number of nitrogens with zero attached hydrogens (tertiary/aromatic N) is 1. The van der Waals surface area contributed by atoms with Crippen LogP contribution in [0.2, 0.25) is 0 Å². The molecule has 1 atom stereocenters. The Balaban J connectivity index is 2.03. The number of amides is 1. The first kappa shape index (κ1) is 18.7. The summed E-state index contributed by atoms with van der Waals surface area (Å²) in [5.74, 6) is 0.916. The van der Waals surface area contributed by atoms with Gasteiger partial charge in [0.15, 0.2) is 0 Å². The summed E-state index contributed by atoms with van der Waals surface area (Å²) in [7, 11) is 5.06. The second kappa shape index (κ2) is 8.48. The monoisotopic (exact) mass is 346 g/mol. The van der Waals surface area contributed by atoms with Crippen LogP contribution in [0.25, 0.3) is 0 Å². The van der Waals surface area contributed by atoms with Gasteiger partial charge >= 0.3 is 0 Å². The van der Waals surface area contributed by atoms with Crippen molar-refractivity contribution in [2.45, 2.75) is 19.5 Å². The largest absolute Gasteiger partial charge is 0.497 e. The quantitative estimate of drug-likeness (QED) is 0.836. The molecule has 0 unspecified atom stereocenters. The van der Waals surface area contributed by atoms with Gasteiger partial charge in [-0.25, -0.2) is 4.39 Å². The van der Waals surface area contributed by atoms with Crippen molar-refractivity contribution in [2.75, 3.05) is 26.6 Å². The first-order valence-electron chi connectivity index (χ1n) is 7.92. The van der Waals surface area contributed by atoms with Crippen molar-refractivity contribution in [3.8, 4) is 11.5 Å². The maximum absolute atomic E-state index is 12.9. The minimum atomic E-state index is -0.378. The van der Waals surface area contributed by atoms with E-state index >= 15 is 0 Å². The molecule has 0 spiro atoms. The molecule has 0 saturated carbocycles. The number of halogens is 1. The minimum absolute atomic E-state index is 0.165. The molecule has 0 aliphatic rings. The third-order valence-electron chi connectivity index (χ3n) is 4.07. The molecular formula is C19H23FN2O3. The molecule has 134 valence electrons. The molecule has 25 heavy (non-hydrogen) atoms. The molecule has 0 aromatic heterocycles. The van der Waals surface area contributed by atoms with E-state index in [0.29, 0.717) is 23.7 Å². The average Bonchev–Trinajstić information content (AvgIpc) is 2.63. The smallest absolute Gasteiger partial charge is 0.241 e. The number of hydrogen-bond acceptors (Lipinski definition) is 4. The van der Waals surface area contributed by atoms with Gasteiger partial charge in [-0.15, -0.1) is 0 Å². The molecule has 2 aromatic rings. The van der Waals surface area contributed by atoms with E-state index in [2.05, 4.69) is 5.32 Å². The lowest BCUT2D eigenvalue weighted by atomic mass is 10.1. The molecule has 0 aliphatic carbocycles. The number of hydrogen-bond donors (Lipinski definition) is 1. The molecule has 0 aliphatic heterocycles. The van der Waals surface area contributed by atoms with Gasteiger partial charge in [0, 0.05) is 23.9 Å². The highest BCUT2D eigenvalue weighted by atomic mass is 19.1. The van der Waals surface area contributed by atoms with Gasteiger partial charge in [-0.1, -0.05) is 6.07 Å². The molecule has 0 heterocycles. The first-order chi connectivity index (χ1) is 11.9. The summed E-state index contributed by atoms with van der Waals surface area (Å²) in [6.07, 6.45) is 0. The summed E-state index contributed by atoms with van der Waals surface area (Å²) in [5, 5.41) is 2.78. The SMILES string of the molecule is COc1ccc(CN(C)[C@@H](C)C(=O)Nc2ccc(F)cc2)c(OC)c1. The summed E-state index contributed by atoms with van der Waals surface area (Å²) in [4.78, 5) is 14.3. The van der Waals surface area contributed by atoms with E-state index in [9.17, 15) is 9.18 Å². The molecule has 2 aromatic carbocycles. The number of carbonyl (C=O) groups excluding carboxylic acids is 1. The van der Waals surface area contributed by atoms with E-state index in [1.165, 1.54) is 24.3 Å². The van der Waals surface area contributed by atoms with Crippen LogP contribution < -0.4 is 14.8 Å². The lowest BCUT2D eigenvalue weighted by Crippen LogP contribution is -2.39. The molecular weight excluding hydrogens is 323 g/mol. The van der Waals surface area contributed by atoms with Crippen LogP contribution in [0.1, 0.15) is 12.5 Å². The molecule has 1 N–H and O–H groups in total. The van der Waals surface area contributed by atoms with E-state index in [1.54, 1.807) is 14.2 Å². The van der Waals surface area contributed by atoms with Crippen LogP contribution in [0.5, 0.6) is 11.5 Å². The Morgan fingerprint density at radius 2 is 1.84 bits per heavy atom. The van der Waals surface area contributed by atoms with Crippen molar-refractivity contribution in [3.63, 3.8) is 0 Å². The standard InChI is InChI=1S/C19H23FN2O3/c1-13(19(23)21-16-8-6-15(20)7-9-16)22(2)12-14-5-10-17(24-3)11-18(14)25-4/h5-11,13H,12H2,1-4H3,(H,21,23)/t13-/m0/s1. The third-order valence-corrected chi connectivity index (χ3v) is 4.07. The van der Waals surface area contributed by atoms with Crippen molar-refractivity contribution in [1.82, 2.24) is 4.90 Å². The highest BCUT2D eigenvalue weighted by Gasteiger charge is 2.19. The summed E-state index contributed by atoms with van der Waals surface area (Å²) in [5.41, 5.74) is 1.51. The number of benzene rings is 2. The van der Waals surface area contributed by atoms with Gasteiger partial charge in [0.1, 0.15) is 17.3 Å². The van der Waals surface area contributed by atoms with Gasteiger partial charge in [-0.05, 0) is 44.3 Å². The zero-order valence-corrected chi connectivity index (χ0v) is 14.9. The maximum Gasteiger partial charge on any atom is 0.241 e. The number of ether oxygens (including phenoxy) is 2. The Hall–Kier alpha value is -2.60. The van der Waals surface area contributed by atoms with Gasteiger partial charge in [0.05, 0.1) is 20.3 Å². The third kappa shape index (κ3) is 4.93. The average molecular weight is 346 g/mol. The Kier molecular flexibility index (Phi) is 6.36. The predicted octanol–water partition coefficient (Wildman–Crippen LogP) is 3.30. The number of carbonyl (C=O) groups is 1. The van der Waals surface area contributed by atoms with Gasteiger partial charge in [-0.2, -0.15) is 0 Å². The fraction of sp³-hybridized carbons (Fsp3) is 0.316. The van der Waals surface area contributed by atoms with Crippen LogP contribution in [0, 0.1) is 5.82 Å². The fourth-order valence-electron chi connectivity index (χ4n) is 2.37. The van der Waals surface area contributed by atoms with Crippen molar-refractivity contribution >= 4 is 11.6 Å². The predicted molar refractivity (Wildman–Crippen MR) is 95.5 cm³/mol. The lowest BCUT2D eigenvalue weighted by molar-refractivity contribution is -0.120. The molecule has 0 fully saturated rings. The van der Waals surface area contributed by atoms with Gasteiger partial charge in [0.25, 0.3) is 0 Å². The summed E-state index contributed by atoms with van der Waals surface area (Å²) >= 11 is 0. The number of likely N-dealkylation sites (N-methyl/N-ethyl adjacent to an activating group) is 1. The summed E-state index contributed by atoms with van der Waals surface area (Å²) in [6, 6.07) is 10.9. The van der Waals surface area contributed by atoms with Gasteiger partial charge in [-0.3, -0.25) is 9.69 Å². The molecule has 2 rings (SSSR count). The lowest BCUT2D eigenvalue weighted by Gasteiger charge is -2.25. The molecule has 5 nitrogen and oxygen atoms in total. The molecule has 0 radical (unpaired) electrons. The van der Waals surface area contributed by atoms with E-state index < -0.39 is 0 Å². The molecule has 6 heteroatoms. The molecule has 1 amide bonds. The Labute approximate surface area is 147 Å². The number of rotatable bonds is 7. The van der Waals surface area contributed by atoms with E-state index in [-0.39, 0.29) is 17.8 Å². The van der Waals surface area contributed by atoms with Crippen LogP contribution in [-0.4, -0.2) is 38.1 Å². The van der Waals surface area contributed by atoms with Crippen molar-refractivity contribution < 1.29 is 18.7 Å². The highest BCUT2D eigenvalue weighted by Crippen LogP contribution is 2.26. The van der Waals surface area contributed by atoms with Crippen molar-refractivity contribution in [2.24, 2.45) is 0 Å². The highest BCUT2D eigenvalue weighted by molar-refractivity contribution is 5.94. The first-order valence-corrected chi connectivity index (χ1v) is 7.92. The van der Waals surface area contributed by atoms with Crippen LogP contribution >= 0.6 is 0 Å². The van der Waals surface area contributed by atoms with Crippen molar-refractivity contribution in [1.29, 1.82) is 0 Å².